The first kappa shape index (κ1) is 28.6. The van der Waals surface area contributed by atoms with E-state index in [1.54, 1.807) is 24.3 Å². The molecule has 0 saturated heterocycles. The SMILES string of the molecule is COC(=O)c1c(O)cccc1OCCCCNC(=O)C(Cc1ccc(NC(=O)C(=O)O)cc1)NC(C)=O. The Balaban J connectivity index is 1.84. The van der Waals surface area contributed by atoms with Crippen molar-refractivity contribution in [3.8, 4) is 11.5 Å². The average Bonchev–Trinajstić information content (AvgIpc) is 2.86. The molecule has 2 aromatic rings. The minimum atomic E-state index is -1.61. The van der Waals surface area contributed by atoms with Crippen molar-refractivity contribution in [2.45, 2.75) is 32.2 Å². The van der Waals surface area contributed by atoms with Crippen molar-refractivity contribution in [1.29, 1.82) is 0 Å². The third-order valence-electron chi connectivity index (χ3n) is 5.06. The summed E-state index contributed by atoms with van der Waals surface area (Å²) in [6, 6.07) is 9.81. The predicted molar refractivity (Wildman–Crippen MR) is 131 cm³/mol. The van der Waals surface area contributed by atoms with Crippen LogP contribution in [-0.4, -0.2) is 66.2 Å². The molecule has 0 bridgehead atoms. The number of rotatable bonds is 12. The molecular weight excluding hydrogens is 486 g/mol. The van der Waals surface area contributed by atoms with Crippen molar-refractivity contribution in [2.75, 3.05) is 25.6 Å². The van der Waals surface area contributed by atoms with Crippen LogP contribution in [0.15, 0.2) is 42.5 Å². The topological polar surface area (TPSA) is 180 Å². The molecular formula is C25H29N3O9. The second-order valence-electron chi connectivity index (χ2n) is 7.90. The van der Waals surface area contributed by atoms with E-state index < -0.39 is 23.9 Å². The fourth-order valence-corrected chi connectivity index (χ4v) is 3.29. The first-order chi connectivity index (χ1) is 17.6. The lowest BCUT2D eigenvalue weighted by Crippen LogP contribution is -2.47. The highest BCUT2D eigenvalue weighted by Crippen LogP contribution is 2.28. The van der Waals surface area contributed by atoms with Crippen LogP contribution in [0.3, 0.4) is 0 Å². The van der Waals surface area contributed by atoms with Crippen LogP contribution in [0.5, 0.6) is 11.5 Å². The number of carboxylic acids is 1. The Hall–Kier alpha value is -4.61. The number of nitrogens with one attached hydrogen (secondary N) is 3. The Morgan fingerprint density at radius 3 is 2.32 bits per heavy atom. The van der Waals surface area contributed by atoms with Crippen molar-refractivity contribution in [3.63, 3.8) is 0 Å². The summed E-state index contributed by atoms with van der Waals surface area (Å²) < 4.78 is 10.2. The van der Waals surface area contributed by atoms with Crippen molar-refractivity contribution in [1.82, 2.24) is 10.6 Å². The van der Waals surface area contributed by atoms with Gasteiger partial charge in [0.25, 0.3) is 0 Å². The second kappa shape index (κ2) is 14.1. The Labute approximate surface area is 213 Å². The van der Waals surface area contributed by atoms with E-state index in [2.05, 4.69) is 20.7 Å². The van der Waals surface area contributed by atoms with Crippen LogP contribution >= 0.6 is 0 Å². The van der Waals surface area contributed by atoms with Crippen LogP contribution in [0, 0.1) is 0 Å². The number of phenols is 1. The Morgan fingerprint density at radius 2 is 1.70 bits per heavy atom. The molecule has 12 heteroatoms. The Morgan fingerprint density at radius 1 is 1.00 bits per heavy atom. The van der Waals surface area contributed by atoms with Gasteiger partial charge >= 0.3 is 17.8 Å². The fraction of sp³-hybridized carbons (Fsp3) is 0.320. The standard InChI is InChI=1S/C25H29N3O9/c1-15(29)27-18(14-16-8-10-17(11-9-16)28-23(32)24(33)34)22(31)26-12-3-4-13-37-20-7-5-6-19(30)21(20)25(35)36-2/h5-11,18,30H,3-4,12-14H2,1-2H3,(H,26,31)(H,27,29)(H,28,32)(H,33,34). The molecule has 2 rings (SSSR count). The summed E-state index contributed by atoms with van der Waals surface area (Å²) in [6.45, 7) is 1.83. The highest BCUT2D eigenvalue weighted by Gasteiger charge is 2.20. The molecule has 0 fully saturated rings. The van der Waals surface area contributed by atoms with Gasteiger partial charge in [0.2, 0.25) is 11.8 Å². The van der Waals surface area contributed by atoms with E-state index in [1.165, 1.54) is 32.2 Å². The number of aromatic hydroxyl groups is 1. The molecule has 5 N–H and O–H groups in total. The van der Waals surface area contributed by atoms with E-state index in [1.807, 2.05) is 0 Å². The summed E-state index contributed by atoms with van der Waals surface area (Å²) in [7, 11) is 1.20. The molecule has 2 aromatic carbocycles. The Kier molecular flexibility index (Phi) is 10.9. The number of phenolic OH excluding ortho intramolecular Hbond substituents is 1. The molecule has 0 saturated carbocycles. The molecule has 198 valence electrons. The van der Waals surface area contributed by atoms with Crippen molar-refractivity contribution < 1.29 is 43.7 Å². The summed E-state index contributed by atoms with van der Waals surface area (Å²) in [6.07, 6.45) is 1.25. The van der Waals surface area contributed by atoms with Gasteiger partial charge in [0, 0.05) is 25.6 Å². The monoisotopic (exact) mass is 515 g/mol. The lowest BCUT2D eigenvalue weighted by molar-refractivity contribution is -0.147. The number of hydrogen-bond acceptors (Lipinski definition) is 8. The summed E-state index contributed by atoms with van der Waals surface area (Å²) in [5.74, 6) is -4.32. The molecule has 0 heterocycles. The number of carbonyl (C=O) groups excluding carboxylic acids is 4. The molecule has 0 spiro atoms. The number of carbonyl (C=O) groups is 5. The smallest absolute Gasteiger partial charge is 0.394 e. The van der Waals surface area contributed by atoms with Crippen molar-refractivity contribution >= 4 is 35.3 Å². The van der Waals surface area contributed by atoms with E-state index in [-0.39, 0.29) is 47.6 Å². The zero-order valence-corrected chi connectivity index (χ0v) is 20.4. The number of unbranched alkanes of at least 4 members (excludes halogenated alkanes) is 1. The number of anilines is 1. The molecule has 0 aliphatic heterocycles. The lowest BCUT2D eigenvalue weighted by Gasteiger charge is -2.18. The van der Waals surface area contributed by atoms with Crippen molar-refractivity contribution in [2.24, 2.45) is 0 Å². The van der Waals surface area contributed by atoms with Gasteiger partial charge in [-0.25, -0.2) is 9.59 Å². The van der Waals surface area contributed by atoms with Gasteiger partial charge in [-0.15, -0.1) is 0 Å². The molecule has 0 radical (unpaired) electrons. The number of ether oxygens (including phenoxy) is 2. The highest BCUT2D eigenvalue weighted by molar-refractivity contribution is 6.36. The maximum Gasteiger partial charge on any atom is 0.394 e. The van der Waals surface area contributed by atoms with E-state index in [0.29, 0.717) is 24.9 Å². The van der Waals surface area contributed by atoms with Gasteiger partial charge in [0.05, 0.1) is 13.7 Å². The maximum absolute atomic E-state index is 12.7. The number of benzene rings is 2. The van der Waals surface area contributed by atoms with E-state index in [4.69, 9.17) is 9.84 Å². The highest BCUT2D eigenvalue weighted by atomic mass is 16.5. The summed E-state index contributed by atoms with van der Waals surface area (Å²) in [5.41, 5.74) is 0.903. The zero-order chi connectivity index (χ0) is 27.4. The largest absolute Gasteiger partial charge is 0.507 e. The minimum absolute atomic E-state index is 0.0613. The van der Waals surface area contributed by atoms with Crippen LogP contribution < -0.4 is 20.7 Å². The average molecular weight is 516 g/mol. The van der Waals surface area contributed by atoms with Crippen LogP contribution in [0.2, 0.25) is 0 Å². The second-order valence-corrected chi connectivity index (χ2v) is 7.90. The van der Waals surface area contributed by atoms with E-state index >= 15 is 0 Å². The number of esters is 1. The number of amides is 3. The molecule has 1 atom stereocenters. The van der Waals surface area contributed by atoms with E-state index in [9.17, 15) is 29.1 Å². The van der Waals surface area contributed by atoms with Gasteiger partial charge in [-0.05, 0) is 42.7 Å². The van der Waals surface area contributed by atoms with Crippen molar-refractivity contribution in [3.05, 3.63) is 53.6 Å². The molecule has 1 unspecified atom stereocenters. The van der Waals surface area contributed by atoms with Gasteiger partial charge in [-0.1, -0.05) is 18.2 Å². The van der Waals surface area contributed by atoms with Crippen LogP contribution in [0.1, 0.15) is 35.7 Å². The lowest BCUT2D eigenvalue weighted by atomic mass is 10.0. The third kappa shape index (κ3) is 9.17. The third-order valence-corrected chi connectivity index (χ3v) is 5.06. The fourth-order valence-electron chi connectivity index (χ4n) is 3.29. The number of carboxylic acid groups (broad SMARTS) is 1. The van der Waals surface area contributed by atoms with Crippen LogP contribution in [0.4, 0.5) is 5.69 Å². The minimum Gasteiger partial charge on any atom is -0.507 e. The number of aliphatic carboxylic acids is 1. The number of hydrogen-bond donors (Lipinski definition) is 5. The van der Waals surface area contributed by atoms with Gasteiger partial charge in [-0.2, -0.15) is 0 Å². The van der Waals surface area contributed by atoms with Gasteiger partial charge in [0.1, 0.15) is 23.1 Å². The first-order valence-electron chi connectivity index (χ1n) is 11.3. The van der Waals surface area contributed by atoms with Gasteiger partial charge in [-0.3, -0.25) is 14.4 Å². The maximum atomic E-state index is 12.7. The summed E-state index contributed by atoms with van der Waals surface area (Å²) in [5, 5.41) is 26.1. The summed E-state index contributed by atoms with van der Waals surface area (Å²) in [4.78, 5) is 58.0. The molecule has 0 aliphatic carbocycles. The van der Waals surface area contributed by atoms with Gasteiger partial charge < -0.3 is 35.6 Å². The normalized spacial score (nSPS) is 11.1. The summed E-state index contributed by atoms with van der Waals surface area (Å²) >= 11 is 0. The first-order valence-corrected chi connectivity index (χ1v) is 11.3. The molecule has 12 nitrogen and oxygen atoms in total. The predicted octanol–water partition coefficient (Wildman–Crippen LogP) is 1.22. The zero-order valence-electron chi connectivity index (χ0n) is 20.4. The van der Waals surface area contributed by atoms with E-state index in [0.717, 1.165) is 0 Å². The molecule has 3 amide bonds. The van der Waals surface area contributed by atoms with Crippen LogP contribution in [-0.2, 0) is 30.3 Å². The van der Waals surface area contributed by atoms with Crippen LogP contribution in [0.25, 0.3) is 0 Å². The number of methoxy groups -OCH3 is 1. The quantitative estimate of drug-likeness (QED) is 0.158. The molecule has 0 aliphatic rings. The Bertz CT molecular complexity index is 1130. The molecule has 37 heavy (non-hydrogen) atoms. The molecule has 0 aromatic heterocycles. The van der Waals surface area contributed by atoms with Gasteiger partial charge in [0.15, 0.2) is 0 Å².